The molecule has 1 unspecified atom stereocenters. The molecule has 0 radical (unpaired) electrons. The summed E-state index contributed by atoms with van der Waals surface area (Å²) in [6.45, 7) is 1.13. The minimum atomic E-state index is -0.772. The second-order valence-electron chi connectivity index (χ2n) is 6.24. The molecule has 132 valence electrons. The number of carbonyl (C=O) groups is 1. The summed E-state index contributed by atoms with van der Waals surface area (Å²) >= 11 is 12.4. The maximum absolute atomic E-state index is 14.5. The Balaban J connectivity index is 1.99. The Morgan fingerprint density at radius 2 is 1.80 bits per heavy atom. The van der Waals surface area contributed by atoms with Crippen molar-refractivity contribution in [1.82, 2.24) is 4.90 Å². The van der Waals surface area contributed by atoms with E-state index in [2.05, 4.69) is 4.90 Å². The van der Waals surface area contributed by atoms with E-state index in [1.165, 1.54) is 6.07 Å². The van der Waals surface area contributed by atoms with Gasteiger partial charge in [0.25, 0.3) is 0 Å². The Labute approximate surface area is 156 Å². The highest BCUT2D eigenvalue weighted by Gasteiger charge is 2.32. The molecule has 0 amide bonds. The minimum absolute atomic E-state index is 0.307. The molecular formula is C19H18Cl2FNO2. The zero-order valence-corrected chi connectivity index (χ0v) is 15.0. The predicted octanol–water partition coefficient (Wildman–Crippen LogP) is 5.02. The van der Waals surface area contributed by atoms with Crippen LogP contribution in [0.2, 0.25) is 10.0 Å². The molecule has 3 nitrogen and oxygen atoms in total. The monoisotopic (exact) mass is 381 g/mol. The average molecular weight is 382 g/mol. The highest BCUT2D eigenvalue weighted by Crippen LogP contribution is 2.37. The highest BCUT2D eigenvalue weighted by molar-refractivity contribution is 6.35. The molecule has 25 heavy (non-hydrogen) atoms. The molecule has 0 saturated carbocycles. The van der Waals surface area contributed by atoms with Gasteiger partial charge in [-0.3, -0.25) is 9.69 Å². The number of halogens is 3. The summed E-state index contributed by atoms with van der Waals surface area (Å²) in [7, 11) is 0. The van der Waals surface area contributed by atoms with Crippen LogP contribution in [0.1, 0.15) is 30.0 Å². The van der Waals surface area contributed by atoms with E-state index in [4.69, 9.17) is 23.2 Å². The van der Waals surface area contributed by atoms with Crippen molar-refractivity contribution >= 4 is 29.2 Å². The van der Waals surface area contributed by atoms with E-state index in [1.54, 1.807) is 30.3 Å². The van der Waals surface area contributed by atoms with Crippen molar-refractivity contribution in [2.24, 2.45) is 5.92 Å². The fraction of sp³-hybridized carbons (Fsp3) is 0.316. The van der Waals surface area contributed by atoms with Gasteiger partial charge < -0.3 is 5.11 Å². The molecule has 1 aliphatic rings. The topological polar surface area (TPSA) is 40.5 Å². The fourth-order valence-corrected chi connectivity index (χ4v) is 3.90. The first kappa shape index (κ1) is 18.2. The number of benzene rings is 2. The van der Waals surface area contributed by atoms with Crippen LogP contribution in [0, 0.1) is 11.7 Å². The Hall–Kier alpha value is -1.62. The van der Waals surface area contributed by atoms with Gasteiger partial charge in [-0.2, -0.15) is 0 Å². The molecule has 2 aromatic rings. The molecule has 0 spiro atoms. The third-order valence-corrected chi connectivity index (χ3v) is 5.26. The molecule has 1 saturated heterocycles. The zero-order chi connectivity index (χ0) is 18.0. The van der Waals surface area contributed by atoms with E-state index < -0.39 is 5.97 Å². The second kappa shape index (κ2) is 7.73. The van der Waals surface area contributed by atoms with Gasteiger partial charge >= 0.3 is 5.97 Å². The fourth-order valence-electron chi connectivity index (χ4n) is 3.39. The van der Waals surface area contributed by atoms with Crippen molar-refractivity contribution in [2.75, 3.05) is 13.1 Å². The SMILES string of the molecule is O=C(O)C1CCN(C(c2ccccc2F)c2ccc(Cl)cc2Cl)CC1. The van der Waals surface area contributed by atoms with Crippen LogP contribution in [0.4, 0.5) is 4.39 Å². The summed E-state index contributed by atoms with van der Waals surface area (Å²) in [5.74, 6) is -1.43. The number of hydrogen-bond donors (Lipinski definition) is 1. The van der Waals surface area contributed by atoms with Gasteiger partial charge in [-0.25, -0.2) is 4.39 Å². The molecule has 1 fully saturated rings. The Kier molecular flexibility index (Phi) is 5.62. The quantitative estimate of drug-likeness (QED) is 0.808. The standard InChI is InChI=1S/C19H18Cl2FNO2/c20-13-5-6-14(16(21)11-13)18(15-3-1-2-4-17(15)22)23-9-7-12(8-10-23)19(24)25/h1-6,11-12,18H,7-10H2,(H,24,25). The maximum Gasteiger partial charge on any atom is 0.306 e. The Morgan fingerprint density at radius 1 is 1.12 bits per heavy atom. The third kappa shape index (κ3) is 3.97. The summed E-state index contributed by atoms with van der Waals surface area (Å²) in [5, 5.41) is 10.2. The van der Waals surface area contributed by atoms with Gasteiger partial charge in [0.15, 0.2) is 0 Å². The van der Waals surface area contributed by atoms with Crippen LogP contribution in [0.3, 0.4) is 0 Å². The smallest absolute Gasteiger partial charge is 0.306 e. The summed E-state index contributed by atoms with van der Waals surface area (Å²) in [6.07, 6.45) is 1.07. The number of carboxylic acids is 1. The minimum Gasteiger partial charge on any atom is -0.481 e. The van der Waals surface area contributed by atoms with Crippen LogP contribution in [0.5, 0.6) is 0 Å². The van der Waals surface area contributed by atoms with Crippen molar-refractivity contribution in [3.8, 4) is 0 Å². The van der Waals surface area contributed by atoms with E-state index in [0.717, 1.165) is 5.56 Å². The van der Waals surface area contributed by atoms with Crippen LogP contribution < -0.4 is 0 Å². The summed E-state index contributed by atoms with van der Waals surface area (Å²) in [4.78, 5) is 13.3. The molecule has 6 heteroatoms. The molecule has 1 aliphatic heterocycles. The molecule has 1 N–H and O–H groups in total. The molecule has 1 atom stereocenters. The number of hydrogen-bond acceptors (Lipinski definition) is 2. The van der Waals surface area contributed by atoms with Crippen LogP contribution in [-0.4, -0.2) is 29.1 Å². The average Bonchev–Trinajstić information content (AvgIpc) is 2.59. The van der Waals surface area contributed by atoms with Crippen LogP contribution in [-0.2, 0) is 4.79 Å². The molecule has 0 aliphatic carbocycles. The lowest BCUT2D eigenvalue weighted by molar-refractivity contribution is -0.143. The lowest BCUT2D eigenvalue weighted by atomic mass is 9.91. The van der Waals surface area contributed by atoms with E-state index in [1.807, 2.05) is 6.07 Å². The van der Waals surface area contributed by atoms with Crippen molar-refractivity contribution in [3.05, 3.63) is 69.5 Å². The second-order valence-corrected chi connectivity index (χ2v) is 7.08. The van der Waals surface area contributed by atoms with Crippen molar-refractivity contribution in [2.45, 2.75) is 18.9 Å². The van der Waals surface area contributed by atoms with E-state index >= 15 is 0 Å². The van der Waals surface area contributed by atoms with Crippen LogP contribution in [0.25, 0.3) is 0 Å². The van der Waals surface area contributed by atoms with Gasteiger partial charge in [0.05, 0.1) is 12.0 Å². The number of piperidine rings is 1. The molecule has 2 aromatic carbocycles. The van der Waals surface area contributed by atoms with Crippen molar-refractivity contribution < 1.29 is 14.3 Å². The molecular weight excluding hydrogens is 364 g/mol. The van der Waals surface area contributed by atoms with Gasteiger partial charge in [-0.05, 0) is 49.7 Å². The van der Waals surface area contributed by atoms with E-state index in [-0.39, 0.29) is 17.8 Å². The zero-order valence-electron chi connectivity index (χ0n) is 13.5. The molecule has 0 bridgehead atoms. The van der Waals surface area contributed by atoms with Crippen molar-refractivity contribution in [1.29, 1.82) is 0 Å². The summed E-state index contributed by atoms with van der Waals surface area (Å²) in [6, 6.07) is 11.4. The first-order chi connectivity index (χ1) is 12.0. The Bertz CT molecular complexity index is 776. The van der Waals surface area contributed by atoms with Gasteiger partial charge in [-0.1, -0.05) is 47.5 Å². The number of carboxylic acid groups (broad SMARTS) is 1. The highest BCUT2D eigenvalue weighted by atomic mass is 35.5. The van der Waals surface area contributed by atoms with E-state index in [9.17, 15) is 14.3 Å². The van der Waals surface area contributed by atoms with Gasteiger partial charge in [0, 0.05) is 15.6 Å². The number of aliphatic carboxylic acids is 1. The van der Waals surface area contributed by atoms with Crippen LogP contribution >= 0.6 is 23.2 Å². The molecule has 1 heterocycles. The first-order valence-corrected chi connectivity index (χ1v) is 8.89. The van der Waals surface area contributed by atoms with Gasteiger partial charge in [-0.15, -0.1) is 0 Å². The van der Waals surface area contributed by atoms with Gasteiger partial charge in [0.2, 0.25) is 0 Å². The summed E-state index contributed by atoms with van der Waals surface area (Å²) < 4.78 is 14.5. The lowest BCUT2D eigenvalue weighted by Crippen LogP contribution is -2.39. The Morgan fingerprint density at radius 3 is 2.40 bits per heavy atom. The predicted molar refractivity (Wildman–Crippen MR) is 96.6 cm³/mol. The largest absolute Gasteiger partial charge is 0.481 e. The number of rotatable bonds is 4. The number of likely N-dealkylation sites (tertiary alicyclic amines) is 1. The van der Waals surface area contributed by atoms with Gasteiger partial charge in [0.1, 0.15) is 5.82 Å². The molecule has 3 rings (SSSR count). The van der Waals surface area contributed by atoms with Crippen LogP contribution in [0.15, 0.2) is 42.5 Å². The summed E-state index contributed by atoms with van der Waals surface area (Å²) in [5.41, 5.74) is 1.30. The van der Waals surface area contributed by atoms with E-state index in [0.29, 0.717) is 41.5 Å². The third-order valence-electron chi connectivity index (χ3n) is 4.70. The maximum atomic E-state index is 14.5. The normalized spacial score (nSPS) is 17.4. The van der Waals surface area contributed by atoms with Crippen molar-refractivity contribution in [3.63, 3.8) is 0 Å². The number of nitrogens with zero attached hydrogens (tertiary/aromatic N) is 1. The molecule has 0 aromatic heterocycles. The lowest BCUT2D eigenvalue weighted by Gasteiger charge is -2.37. The first-order valence-electron chi connectivity index (χ1n) is 8.13.